The zero-order valence-electron chi connectivity index (χ0n) is 17.7. The first-order valence-electron chi connectivity index (χ1n) is 9.65. The molecule has 2 atom stereocenters. The first-order valence-corrected chi connectivity index (χ1v) is 10.5. The maximum Gasteiger partial charge on any atom is 0.430 e. The second-order valence-corrected chi connectivity index (χ2v) is 8.38. The summed E-state index contributed by atoms with van der Waals surface area (Å²) >= 11 is 1.37. The van der Waals surface area contributed by atoms with E-state index in [1.165, 1.54) is 25.1 Å². The molecular formula is C21H18F3N5O3S. The number of thioether (sulfide) groups is 1. The molecule has 2 unspecified atom stereocenters. The van der Waals surface area contributed by atoms with Gasteiger partial charge in [0.05, 0.1) is 29.0 Å². The Kier molecular flexibility index (Phi) is 5.87. The van der Waals surface area contributed by atoms with Crippen LogP contribution in [0.4, 0.5) is 19.0 Å². The van der Waals surface area contributed by atoms with Gasteiger partial charge in [-0.05, 0) is 43.2 Å². The molecule has 172 valence electrons. The summed E-state index contributed by atoms with van der Waals surface area (Å²) in [7, 11) is 1.50. The lowest BCUT2D eigenvalue weighted by atomic mass is 10.0. The van der Waals surface area contributed by atoms with Crippen molar-refractivity contribution >= 4 is 40.2 Å². The largest absolute Gasteiger partial charge is 0.476 e. The lowest BCUT2D eigenvalue weighted by Gasteiger charge is -2.18. The van der Waals surface area contributed by atoms with Gasteiger partial charge in [-0.2, -0.15) is 13.2 Å². The number of pyridine rings is 1. The standard InChI is InChI=1S/C21H18F3N5O3S/c1-9-5-4-6-26-17(9)27-13(8-14(25)21(22,23)24)18-29-15-10(2)16-12(28-20(31-3)33-16)7-11(15)19(30)32-18/h4-8,12,16H,25H2,1-3H3. The SMILES string of the molecule is COC1=NC2C=c3c(nc(C(C=C(N)C(F)(F)F)=Nc4ncccc4C)oc3=O)=C(C)C2S1. The number of hydrogen-bond acceptors (Lipinski definition) is 9. The highest BCUT2D eigenvalue weighted by molar-refractivity contribution is 8.14. The molecule has 3 heterocycles. The van der Waals surface area contributed by atoms with Gasteiger partial charge in [0.1, 0.15) is 11.4 Å². The number of aryl methyl sites for hydroxylation is 1. The maximum atomic E-state index is 13.2. The monoisotopic (exact) mass is 477 g/mol. The van der Waals surface area contributed by atoms with Crippen LogP contribution in [0, 0.1) is 6.92 Å². The highest BCUT2D eigenvalue weighted by Gasteiger charge is 2.35. The molecule has 0 spiro atoms. The molecule has 2 aromatic rings. The van der Waals surface area contributed by atoms with Crippen molar-refractivity contribution in [2.75, 3.05) is 7.11 Å². The van der Waals surface area contributed by atoms with Gasteiger partial charge in [-0.15, -0.1) is 0 Å². The third kappa shape index (κ3) is 4.42. The van der Waals surface area contributed by atoms with Crippen LogP contribution in [0.5, 0.6) is 0 Å². The van der Waals surface area contributed by atoms with Crippen LogP contribution in [0.25, 0.3) is 11.6 Å². The van der Waals surface area contributed by atoms with Crippen LogP contribution in [-0.4, -0.2) is 45.5 Å². The Morgan fingerprint density at radius 2 is 2.12 bits per heavy atom. The van der Waals surface area contributed by atoms with E-state index in [4.69, 9.17) is 14.9 Å². The first-order chi connectivity index (χ1) is 15.6. The van der Waals surface area contributed by atoms with Crippen molar-refractivity contribution in [1.29, 1.82) is 0 Å². The number of alkyl halides is 3. The predicted octanol–water partition coefficient (Wildman–Crippen LogP) is 1.72. The van der Waals surface area contributed by atoms with Gasteiger partial charge in [0.2, 0.25) is 11.1 Å². The maximum absolute atomic E-state index is 13.2. The minimum Gasteiger partial charge on any atom is -0.476 e. The van der Waals surface area contributed by atoms with Crippen molar-refractivity contribution in [3.8, 4) is 0 Å². The zero-order chi connectivity index (χ0) is 23.9. The quantitative estimate of drug-likeness (QED) is 0.669. The predicted molar refractivity (Wildman–Crippen MR) is 119 cm³/mol. The van der Waals surface area contributed by atoms with Crippen LogP contribution in [-0.2, 0) is 4.74 Å². The van der Waals surface area contributed by atoms with Crippen LogP contribution in [0.1, 0.15) is 18.4 Å². The molecule has 0 amide bonds. The molecule has 0 bridgehead atoms. The van der Waals surface area contributed by atoms with Gasteiger partial charge in [-0.3, -0.25) is 0 Å². The van der Waals surface area contributed by atoms with Crippen molar-refractivity contribution in [1.82, 2.24) is 9.97 Å². The third-order valence-corrected chi connectivity index (χ3v) is 6.39. The number of ether oxygens (including phenoxy) is 1. The van der Waals surface area contributed by atoms with Crippen LogP contribution in [0.15, 0.2) is 49.3 Å². The van der Waals surface area contributed by atoms with E-state index in [2.05, 4.69) is 20.0 Å². The molecule has 0 aromatic carbocycles. The van der Waals surface area contributed by atoms with Crippen molar-refractivity contribution in [3.63, 3.8) is 0 Å². The Morgan fingerprint density at radius 1 is 1.36 bits per heavy atom. The van der Waals surface area contributed by atoms with E-state index < -0.39 is 23.4 Å². The molecule has 1 aliphatic carbocycles. The average molecular weight is 477 g/mol. The second kappa shape index (κ2) is 8.50. The first kappa shape index (κ1) is 22.8. The van der Waals surface area contributed by atoms with Crippen molar-refractivity contribution < 1.29 is 22.3 Å². The second-order valence-electron chi connectivity index (χ2n) is 7.29. The van der Waals surface area contributed by atoms with E-state index in [0.29, 0.717) is 27.8 Å². The minimum absolute atomic E-state index is 0.137. The molecular weight excluding hydrogens is 459 g/mol. The number of aliphatic imine (C=N–C) groups is 2. The molecule has 2 aromatic heterocycles. The van der Waals surface area contributed by atoms with Gasteiger partial charge < -0.3 is 14.9 Å². The number of aromatic nitrogens is 2. The Bertz CT molecular complexity index is 1400. The Hall–Kier alpha value is -3.41. The summed E-state index contributed by atoms with van der Waals surface area (Å²) in [4.78, 5) is 29.8. The topological polar surface area (TPSA) is 116 Å². The molecule has 33 heavy (non-hydrogen) atoms. The van der Waals surface area contributed by atoms with E-state index in [1.807, 2.05) is 0 Å². The Labute approximate surface area is 189 Å². The summed E-state index contributed by atoms with van der Waals surface area (Å²) in [5.41, 5.74) is 3.96. The van der Waals surface area contributed by atoms with Crippen molar-refractivity contribution in [2.24, 2.45) is 15.7 Å². The zero-order valence-corrected chi connectivity index (χ0v) is 18.5. The summed E-state index contributed by atoms with van der Waals surface area (Å²) in [6.45, 7) is 3.47. The summed E-state index contributed by atoms with van der Waals surface area (Å²) in [5, 5.41) is 0.780. The number of nitrogens with two attached hydrogens (primary N) is 1. The molecule has 0 saturated heterocycles. The summed E-state index contributed by atoms with van der Waals surface area (Å²) < 4.78 is 50.0. The van der Waals surface area contributed by atoms with Gasteiger partial charge in [0, 0.05) is 6.20 Å². The fourth-order valence-electron chi connectivity index (χ4n) is 3.33. The Balaban J connectivity index is 1.93. The fraction of sp³-hybridized carbons (Fsp3) is 0.286. The van der Waals surface area contributed by atoms with Crippen LogP contribution in [0.2, 0.25) is 0 Å². The number of halogens is 3. The van der Waals surface area contributed by atoms with E-state index in [-0.39, 0.29) is 28.0 Å². The molecule has 1 aliphatic heterocycles. The van der Waals surface area contributed by atoms with E-state index >= 15 is 0 Å². The highest BCUT2D eigenvalue weighted by Crippen LogP contribution is 2.34. The van der Waals surface area contributed by atoms with Gasteiger partial charge in [0.25, 0.3) is 0 Å². The smallest absolute Gasteiger partial charge is 0.430 e. The molecule has 2 N–H and O–H groups in total. The number of nitrogens with zero attached hydrogens (tertiary/aromatic N) is 4. The molecule has 0 radical (unpaired) electrons. The van der Waals surface area contributed by atoms with E-state index in [9.17, 15) is 18.0 Å². The number of rotatable bonds is 3. The van der Waals surface area contributed by atoms with Crippen LogP contribution in [0.3, 0.4) is 0 Å². The molecule has 12 heteroatoms. The van der Waals surface area contributed by atoms with Crippen LogP contribution < -0.4 is 21.9 Å². The highest BCUT2D eigenvalue weighted by atomic mass is 32.2. The molecule has 0 fully saturated rings. The molecule has 2 aliphatic rings. The van der Waals surface area contributed by atoms with Gasteiger partial charge in [-0.25, -0.2) is 24.7 Å². The number of hydrogen-bond donors (Lipinski definition) is 1. The average Bonchev–Trinajstić information content (AvgIpc) is 3.18. The molecule has 4 rings (SSSR count). The van der Waals surface area contributed by atoms with Gasteiger partial charge in [0.15, 0.2) is 5.82 Å². The number of fused-ring (bicyclic) bond motifs is 2. The Morgan fingerprint density at radius 3 is 2.79 bits per heavy atom. The number of allylic oxidation sites excluding steroid dienone is 2. The van der Waals surface area contributed by atoms with Crippen LogP contribution >= 0.6 is 11.8 Å². The summed E-state index contributed by atoms with van der Waals surface area (Å²) in [5.74, 6) is -0.268. The van der Waals surface area contributed by atoms with Gasteiger partial charge in [-0.1, -0.05) is 17.8 Å². The number of methoxy groups -OCH3 is 1. The van der Waals surface area contributed by atoms with Gasteiger partial charge >= 0.3 is 11.8 Å². The van der Waals surface area contributed by atoms with E-state index in [0.717, 1.165) is 0 Å². The van der Waals surface area contributed by atoms with Crippen molar-refractivity contribution in [2.45, 2.75) is 31.3 Å². The fourth-order valence-corrected chi connectivity index (χ4v) is 4.40. The van der Waals surface area contributed by atoms with E-state index in [1.54, 1.807) is 32.1 Å². The third-order valence-electron chi connectivity index (χ3n) is 5.03. The normalized spacial score (nSPS) is 20.7. The lowest BCUT2D eigenvalue weighted by molar-refractivity contribution is -0.0925. The lowest BCUT2D eigenvalue weighted by Crippen LogP contribution is -2.48. The summed E-state index contributed by atoms with van der Waals surface area (Å²) in [6.07, 6.45) is -1.18. The minimum atomic E-state index is -4.81. The summed E-state index contributed by atoms with van der Waals surface area (Å²) in [6, 6.07) is 3.01. The van der Waals surface area contributed by atoms with Crippen molar-refractivity contribution in [3.05, 3.63) is 62.5 Å². The molecule has 8 nitrogen and oxygen atoms in total. The molecule has 0 saturated carbocycles.